The highest BCUT2D eigenvalue weighted by atomic mass is 35.5. The van der Waals surface area contributed by atoms with Crippen LogP contribution < -0.4 is 26.0 Å². The first kappa shape index (κ1) is 37.9. The number of aryl methyl sites for hydroxylation is 1. The maximum Gasteiger partial charge on any atom is 0.422 e. The number of hydrogen-bond acceptors (Lipinski definition) is 9. The van der Waals surface area contributed by atoms with E-state index in [0.29, 0.717) is 23.4 Å². The molecule has 16 heteroatoms. The van der Waals surface area contributed by atoms with Gasteiger partial charge in [-0.2, -0.15) is 28.1 Å². The Bertz CT molecular complexity index is 1940. The molecule has 0 spiro atoms. The highest BCUT2D eigenvalue weighted by Gasteiger charge is 2.45. The Morgan fingerprint density at radius 3 is 2.17 bits per heavy atom. The smallest absolute Gasteiger partial charge is 0.422 e. The Labute approximate surface area is 301 Å². The van der Waals surface area contributed by atoms with Gasteiger partial charge in [0.25, 0.3) is 11.8 Å². The van der Waals surface area contributed by atoms with Crippen molar-refractivity contribution < 1.29 is 36.7 Å². The van der Waals surface area contributed by atoms with Gasteiger partial charge in [-0.25, -0.2) is 4.39 Å². The van der Waals surface area contributed by atoms with E-state index in [2.05, 4.69) is 36.2 Å². The van der Waals surface area contributed by atoms with Crippen molar-refractivity contribution in [3.05, 3.63) is 99.8 Å². The Kier molecular flexibility index (Phi) is 11.3. The molecule has 4 aromatic rings. The number of Topliss-reactive ketones (excluding diaryl/α,β-unsaturated/α-hetero) is 1. The molecule has 1 heterocycles. The fourth-order valence-corrected chi connectivity index (χ4v) is 5.17. The Hall–Kier alpha value is -5.31. The fourth-order valence-electron chi connectivity index (χ4n) is 5.05. The van der Waals surface area contributed by atoms with E-state index in [4.69, 9.17) is 16.3 Å². The number of ketones is 1. The standard InChI is InChI=1S/C36H36ClF4N7O4/c1-21-4-6-22(7-5-21)16-28(49)30(51)43-19-34(2,3)18-42-29(50)26-13-12-25(17-27(26)38)44-31-45-32(47-33(46-31)52-20-36(39,40)41)48-35(14-15-35)23-8-10-24(37)11-9-23/h4-13,17H,14-16,18-20H2,1-3H3,(H,42,50)(H,43,51)(H2,44,45,46,47,48). The molecule has 1 fully saturated rings. The van der Waals surface area contributed by atoms with Crippen LogP contribution in [0, 0.1) is 18.2 Å². The van der Waals surface area contributed by atoms with Gasteiger partial charge < -0.3 is 26.0 Å². The maximum atomic E-state index is 15.2. The normalized spacial score (nSPS) is 13.5. The quantitative estimate of drug-likeness (QED) is 0.0798. The van der Waals surface area contributed by atoms with Gasteiger partial charge in [-0.3, -0.25) is 14.4 Å². The molecule has 11 nitrogen and oxygen atoms in total. The van der Waals surface area contributed by atoms with Gasteiger partial charge in [-0.15, -0.1) is 0 Å². The molecule has 52 heavy (non-hydrogen) atoms. The van der Waals surface area contributed by atoms with E-state index in [1.54, 1.807) is 38.1 Å². The first-order chi connectivity index (χ1) is 24.5. The molecule has 0 unspecified atom stereocenters. The number of amides is 2. The van der Waals surface area contributed by atoms with E-state index >= 15 is 4.39 Å². The average Bonchev–Trinajstić information content (AvgIpc) is 3.86. The van der Waals surface area contributed by atoms with Crippen LogP contribution in [0.4, 0.5) is 35.1 Å². The molecule has 4 N–H and O–H groups in total. The summed E-state index contributed by atoms with van der Waals surface area (Å²) in [4.78, 5) is 49.8. The maximum absolute atomic E-state index is 15.2. The summed E-state index contributed by atoms with van der Waals surface area (Å²) in [7, 11) is 0. The van der Waals surface area contributed by atoms with Gasteiger partial charge in [0.1, 0.15) is 5.82 Å². The third-order valence-electron chi connectivity index (χ3n) is 8.14. The number of nitrogens with zero attached hydrogens (tertiary/aromatic N) is 3. The zero-order valence-electron chi connectivity index (χ0n) is 28.5. The zero-order valence-corrected chi connectivity index (χ0v) is 29.2. The van der Waals surface area contributed by atoms with Gasteiger partial charge in [0.05, 0.1) is 11.1 Å². The second-order valence-electron chi connectivity index (χ2n) is 13.3. The monoisotopic (exact) mass is 741 g/mol. The lowest BCUT2D eigenvalue weighted by atomic mass is 9.93. The third kappa shape index (κ3) is 10.6. The summed E-state index contributed by atoms with van der Waals surface area (Å²) >= 11 is 6.02. The van der Waals surface area contributed by atoms with E-state index in [0.717, 1.165) is 17.2 Å². The minimum absolute atomic E-state index is 0.0382. The number of benzene rings is 3. The largest absolute Gasteiger partial charge is 0.454 e. The van der Waals surface area contributed by atoms with Crippen LogP contribution in [0.25, 0.3) is 0 Å². The van der Waals surface area contributed by atoms with Crippen molar-refractivity contribution in [1.82, 2.24) is 25.6 Å². The van der Waals surface area contributed by atoms with E-state index < -0.39 is 53.2 Å². The number of aromatic nitrogens is 3. The summed E-state index contributed by atoms with van der Waals surface area (Å²) in [6.45, 7) is 3.89. The molecule has 0 radical (unpaired) electrons. The van der Waals surface area contributed by atoms with Crippen LogP contribution in [0.5, 0.6) is 6.01 Å². The van der Waals surface area contributed by atoms with Gasteiger partial charge in [0.2, 0.25) is 17.7 Å². The number of halogens is 5. The third-order valence-corrected chi connectivity index (χ3v) is 8.39. The van der Waals surface area contributed by atoms with Crippen LogP contribution in [0.2, 0.25) is 5.02 Å². The minimum Gasteiger partial charge on any atom is -0.454 e. The van der Waals surface area contributed by atoms with E-state index in [-0.39, 0.29) is 42.7 Å². The molecule has 0 saturated heterocycles. The summed E-state index contributed by atoms with van der Waals surface area (Å²) in [5.74, 6) is -3.30. The lowest BCUT2D eigenvalue weighted by molar-refractivity contribution is -0.154. The molecule has 274 valence electrons. The van der Waals surface area contributed by atoms with E-state index in [9.17, 15) is 27.6 Å². The van der Waals surface area contributed by atoms with Gasteiger partial charge >= 0.3 is 12.2 Å². The van der Waals surface area contributed by atoms with Crippen molar-refractivity contribution >= 4 is 46.8 Å². The second kappa shape index (κ2) is 15.5. The molecule has 5 rings (SSSR count). The molecule has 1 aliphatic carbocycles. The van der Waals surface area contributed by atoms with Crippen molar-refractivity contribution in [3.63, 3.8) is 0 Å². The van der Waals surface area contributed by atoms with Gasteiger partial charge in [0, 0.05) is 30.2 Å². The minimum atomic E-state index is -4.65. The fraction of sp³-hybridized carbons (Fsp3) is 0.333. The molecule has 3 aromatic carbocycles. The summed E-state index contributed by atoms with van der Waals surface area (Å²) in [5.41, 5.74) is 1.15. The van der Waals surface area contributed by atoms with E-state index in [1.165, 1.54) is 12.1 Å². The number of nitrogens with one attached hydrogen (secondary N) is 4. The molecule has 0 bridgehead atoms. The van der Waals surface area contributed by atoms with Gasteiger partial charge in [0.15, 0.2) is 6.61 Å². The lowest BCUT2D eigenvalue weighted by Crippen LogP contribution is -2.44. The van der Waals surface area contributed by atoms with Crippen molar-refractivity contribution in [2.45, 2.75) is 51.7 Å². The highest BCUT2D eigenvalue weighted by molar-refractivity contribution is 6.36. The van der Waals surface area contributed by atoms with Gasteiger partial charge in [-0.1, -0.05) is 67.4 Å². The Balaban J connectivity index is 1.20. The molecule has 0 aliphatic heterocycles. The number of rotatable bonds is 15. The Morgan fingerprint density at radius 1 is 0.885 bits per heavy atom. The second-order valence-corrected chi connectivity index (χ2v) is 13.8. The molecule has 2 amide bonds. The number of alkyl halides is 3. The number of hydrogen-bond donors (Lipinski definition) is 4. The molecule has 1 saturated carbocycles. The lowest BCUT2D eigenvalue weighted by Gasteiger charge is -2.25. The van der Waals surface area contributed by atoms with Crippen LogP contribution in [-0.4, -0.2) is 58.4 Å². The molecule has 1 aliphatic rings. The highest BCUT2D eigenvalue weighted by Crippen LogP contribution is 2.48. The van der Waals surface area contributed by atoms with Crippen molar-refractivity contribution in [3.8, 4) is 6.01 Å². The molecule has 1 aromatic heterocycles. The average molecular weight is 742 g/mol. The van der Waals surface area contributed by atoms with Gasteiger partial charge in [-0.05, 0) is 66.6 Å². The van der Waals surface area contributed by atoms with Crippen LogP contribution in [0.1, 0.15) is 53.7 Å². The van der Waals surface area contributed by atoms with Crippen LogP contribution in [-0.2, 0) is 21.5 Å². The van der Waals surface area contributed by atoms with Crippen LogP contribution >= 0.6 is 11.6 Å². The number of ether oxygens (including phenoxy) is 1. The summed E-state index contributed by atoms with van der Waals surface area (Å²) < 4.78 is 58.8. The van der Waals surface area contributed by atoms with Crippen LogP contribution in [0.15, 0.2) is 66.7 Å². The molecular weight excluding hydrogens is 706 g/mol. The summed E-state index contributed by atoms with van der Waals surface area (Å²) in [6, 6.07) is 17.3. The SMILES string of the molecule is Cc1ccc(CC(=O)C(=O)NCC(C)(C)CNC(=O)c2ccc(Nc3nc(NC4(c5ccc(Cl)cc5)CC4)nc(OCC(F)(F)F)n3)cc2F)cc1. The molecule has 0 atom stereocenters. The number of carbonyl (C=O) groups excluding carboxylic acids is 3. The molecular formula is C36H36ClF4N7O4. The summed E-state index contributed by atoms with van der Waals surface area (Å²) in [6.07, 6.45) is -3.32. The van der Waals surface area contributed by atoms with E-state index in [1.807, 2.05) is 31.2 Å². The predicted octanol–water partition coefficient (Wildman–Crippen LogP) is 6.44. The van der Waals surface area contributed by atoms with Crippen molar-refractivity contribution in [1.29, 1.82) is 0 Å². The first-order valence-corrected chi connectivity index (χ1v) is 16.6. The van der Waals surface area contributed by atoms with Crippen molar-refractivity contribution in [2.24, 2.45) is 5.41 Å². The number of anilines is 3. The number of carbonyl (C=O) groups is 3. The predicted molar refractivity (Wildman–Crippen MR) is 186 cm³/mol. The summed E-state index contributed by atoms with van der Waals surface area (Å²) in [5, 5.41) is 11.7. The van der Waals surface area contributed by atoms with Crippen molar-refractivity contribution in [2.75, 3.05) is 30.3 Å². The zero-order chi connectivity index (χ0) is 37.7. The van der Waals surface area contributed by atoms with Crippen LogP contribution in [0.3, 0.4) is 0 Å². The first-order valence-electron chi connectivity index (χ1n) is 16.2. The topological polar surface area (TPSA) is 147 Å². The Morgan fingerprint density at radius 2 is 1.54 bits per heavy atom.